The summed E-state index contributed by atoms with van der Waals surface area (Å²) >= 11 is 18.0. The third-order valence-corrected chi connectivity index (χ3v) is 3.51. The SMILES string of the molecule is CC(C)CC[C@H](N)c1cc(Cl)cc(Cl)c1Cl.Cl. The predicted molar refractivity (Wildman–Crippen MR) is 79.7 cm³/mol. The molecule has 1 rings (SSSR count). The minimum absolute atomic E-state index is 0. The van der Waals surface area contributed by atoms with E-state index >= 15 is 0 Å². The third kappa shape index (κ3) is 5.23. The fraction of sp³-hybridized carbons (Fsp3) is 0.500. The maximum absolute atomic E-state index is 6.10. The Morgan fingerprint density at radius 3 is 2.24 bits per heavy atom. The molecule has 0 fully saturated rings. The molecule has 0 aliphatic carbocycles. The molecule has 2 N–H and O–H groups in total. The summed E-state index contributed by atoms with van der Waals surface area (Å²) in [6, 6.07) is 3.32. The van der Waals surface area contributed by atoms with Gasteiger partial charge in [0.15, 0.2) is 0 Å². The van der Waals surface area contributed by atoms with Crippen molar-refractivity contribution in [2.24, 2.45) is 11.7 Å². The van der Waals surface area contributed by atoms with E-state index in [1.165, 1.54) is 0 Å². The Bertz CT molecular complexity index is 366. The molecule has 1 aromatic carbocycles. The maximum Gasteiger partial charge on any atom is 0.0641 e. The number of hydrogen-bond donors (Lipinski definition) is 1. The van der Waals surface area contributed by atoms with Crippen LogP contribution in [0.1, 0.15) is 38.3 Å². The molecule has 1 atom stereocenters. The molecule has 0 amide bonds. The fourth-order valence-corrected chi connectivity index (χ4v) is 2.27. The highest BCUT2D eigenvalue weighted by molar-refractivity contribution is 6.43. The molecule has 1 aromatic rings. The first kappa shape index (κ1) is 17.3. The molecule has 0 bridgehead atoms. The van der Waals surface area contributed by atoms with Crippen molar-refractivity contribution in [2.45, 2.75) is 32.7 Å². The van der Waals surface area contributed by atoms with Gasteiger partial charge in [-0.15, -0.1) is 12.4 Å². The maximum atomic E-state index is 6.10. The second kappa shape index (κ2) is 7.70. The Balaban J connectivity index is 0.00000256. The van der Waals surface area contributed by atoms with Gasteiger partial charge in [-0.1, -0.05) is 48.7 Å². The first-order valence-electron chi connectivity index (χ1n) is 5.31. The molecule has 1 nitrogen and oxygen atoms in total. The largest absolute Gasteiger partial charge is 0.324 e. The Morgan fingerprint density at radius 1 is 1.12 bits per heavy atom. The van der Waals surface area contributed by atoms with Crippen molar-refractivity contribution < 1.29 is 0 Å². The summed E-state index contributed by atoms with van der Waals surface area (Å²) in [7, 11) is 0. The van der Waals surface area contributed by atoms with Crippen molar-refractivity contribution in [2.75, 3.05) is 0 Å². The van der Waals surface area contributed by atoms with Crippen molar-refractivity contribution in [3.63, 3.8) is 0 Å². The second-order valence-electron chi connectivity index (χ2n) is 4.37. The lowest BCUT2D eigenvalue weighted by atomic mass is 9.98. The minimum Gasteiger partial charge on any atom is -0.324 e. The van der Waals surface area contributed by atoms with E-state index < -0.39 is 0 Å². The smallest absolute Gasteiger partial charge is 0.0641 e. The summed E-state index contributed by atoms with van der Waals surface area (Å²) in [4.78, 5) is 0. The van der Waals surface area contributed by atoms with Gasteiger partial charge in [-0.3, -0.25) is 0 Å². The van der Waals surface area contributed by atoms with Crippen LogP contribution in [-0.2, 0) is 0 Å². The highest BCUT2D eigenvalue weighted by atomic mass is 35.5. The average molecular weight is 317 g/mol. The van der Waals surface area contributed by atoms with E-state index in [0.29, 0.717) is 21.0 Å². The molecule has 0 aliphatic rings. The summed E-state index contributed by atoms with van der Waals surface area (Å²) in [6.07, 6.45) is 1.94. The number of halogens is 4. The van der Waals surface area contributed by atoms with E-state index in [0.717, 1.165) is 18.4 Å². The molecule has 0 saturated carbocycles. The molecule has 0 aromatic heterocycles. The standard InChI is InChI=1S/C12H16Cl3N.ClH/c1-7(2)3-4-11(16)9-5-8(13)6-10(14)12(9)15;/h5-7,11H,3-4,16H2,1-2H3;1H/t11-;/m0./s1. The first-order chi connectivity index (χ1) is 7.41. The van der Waals surface area contributed by atoms with Gasteiger partial charge in [0.1, 0.15) is 0 Å². The van der Waals surface area contributed by atoms with Gasteiger partial charge in [0, 0.05) is 11.1 Å². The van der Waals surface area contributed by atoms with Crippen LogP contribution in [0.5, 0.6) is 0 Å². The normalized spacial score (nSPS) is 12.4. The number of hydrogen-bond acceptors (Lipinski definition) is 1. The molecule has 5 heteroatoms. The van der Waals surface area contributed by atoms with E-state index in [1.54, 1.807) is 12.1 Å². The van der Waals surface area contributed by atoms with E-state index in [9.17, 15) is 0 Å². The molecular weight excluding hydrogens is 300 g/mol. The lowest BCUT2D eigenvalue weighted by Gasteiger charge is -2.16. The summed E-state index contributed by atoms with van der Waals surface area (Å²) in [5, 5.41) is 1.55. The molecule has 0 aliphatic heterocycles. The van der Waals surface area contributed by atoms with Crippen molar-refractivity contribution in [1.82, 2.24) is 0 Å². The highest BCUT2D eigenvalue weighted by Crippen LogP contribution is 2.34. The van der Waals surface area contributed by atoms with Crippen molar-refractivity contribution in [3.8, 4) is 0 Å². The van der Waals surface area contributed by atoms with E-state index in [-0.39, 0.29) is 18.4 Å². The number of benzene rings is 1. The summed E-state index contributed by atoms with van der Waals surface area (Å²) in [5.41, 5.74) is 6.91. The first-order valence-corrected chi connectivity index (χ1v) is 6.45. The molecule has 0 radical (unpaired) electrons. The topological polar surface area (TPSA) is 26.0 Å². The van der Waals surface area contributed by atoms with Crippen molar-refractivity contribution >= 4 is 47.2 Å². The zero-order chi connectivity index (χ0) is 12.3. The van der Waals surface area contributed by atoms with E-state index in [1.807, 2.05) is 0 Å². The van der Waals surface area contributed by atoms with Crippen LogP contribution in [0.15, 0.2) is 12.1 Å². The van der Waals surface area contributed by atoms with Gasteiger partial charge in [-0.25, -0.2) is 0 Å². The molecule has 0 spiro atoms. The Kier molecular flexibility index (Phi) is 7.86. The molecule has 17 heavy (non-hydrogen) atoms. The fourth-order valence-electron chi connectivity index (χ4n) is 1.51. The van der Waals surface area contributed by atoms with Gasteiger partial charge >= 0.3 is 0 Å². The Labute approximate surface area is 124 Å². The van der Waals surface area contributed by atoms with Gasteiger partial charge in [0.05, 0.1) is 10.0 Å². The van der Waals surface area contributed by atoms with Gasteiger partial charge in [0.2, 0.25) is 0 Å². The van der Waals surface area contributed by atoms with Crippen LogP contribution in [0.3, 0.4) is 0 Å². The van der Waals surface area contributed by atoms with Crippen LogP contribution in [0.2, 0.25) is 15.1 Å². The minimum atomic E-state index is -0.105. The van der Waals surface area contributed by atoms with Crippen molar-refractivity contribution in [1.29, 1.82) is 0 Å². The molecular formula is C12H17Cl4N. The molecule has 0 saturated heterocycles. The highest BCUT2D eigenvalue weighted by Gasteiger charge is 2.14. The average Bonchev–Trinajstić information content (AvgIpc) is 2.19. The van der Waals surface area contributed by atoms with Crippen LogP contribution in [0, 0.1) is 5.92 Å². The monoisotopic (exact) mass is 315 g/mol. The van der Waals surface area contributed by atoms with Gasteiger partial charge in [0.25, 0.3) is 0 Å². The van der Waals surface area contributed by atoms with Gasteiger partial charge in [-0.05, 0) is 36.5 Å². The number of rotatable bonds is 4. The molecule has 0 heterocycles. The van der Waals surface area contributed by atoms with E-state index in [2.05, 4.69) is 13.8 Å². The molecule has 0 unspecified atom stereocenters. The van der Waals surface area contributed by atoms with Crippen LogP contribution >= 0.6 is 47.2 Å². The van der Waals surface area contributed by atoms with E-state index in [4.69, 9.17) is 40.5 Å². The lowest BCUT2D eigenvalue weighted by Crippen LogP contribution is -2.12. The summed E-state index contributed by atoms with van der Waals surface area (Å²) < 4.78 is 0. The second-order valence-corrected chi connectivity index (χ2v) is 5.59. The zero-order valence-corrected chi connectivity index (χ0v) is 12.9. The Hall–Kier alpha value is 0.340. The number of nitrogens with two attached hydrogens (primary N) is 1. The third-order valence-electron chi connectivity index (χ3n) is 2.48. The van der Waals surface area contributed by atoms with Crippen molar-refractivity contribution in [3.05, 3.63) is 32.8 Å². The van der Waals surface area contributed by atoms with Gasteiger partial charge < -0.3 is 5.73 Å². The van der Waals surface area contributed by atoms with Crippen LogP contribution < -0.4 is 5.73 Å². The van der Waals surface area contributed by atoms with Gasteiger partial charge in [-0.2, -0.15) is 0 Å². The lowest BCUT2D eigenvalue weighted by molar-refractivity contribution is 0.507. The summed E-state index contributed by atoms with van der Waals surface area (Å²) in [6.45, 7) is 4.33. The van der Waals surface area contributed by atoms with Crippen LogP contribution in [0.4, 0.5) is 0 Å². The zero-order valence-electron chi connectivity index (χ0n) is 9.84. The Morgan fingerprint density at radius 2 is 1.71 bits per heavy atom. The predicted octanol–water partition coefficient (Wildman–Crippen LogP) is 5.50. The summed E-state index contributed by atoms with van der Waals surface area (Å²) in [5.74, 6) is 0.625. The quantitative estimate of drug-likeness (QED) is 0.729. The molecule has 98 valence electrons. The van der Waals surface area contributed by atoms with Crippen LogP contribution in [0.25, 0.3) is 0 Å². The van der Waals surface area contributed by atoms with Crippen LogP contribution in [-0.4, -0.2) is 0 Å².